The molecule has 0 aromatic heterocycles. The smallest absolute Gasteiger partial charge is 0.365 e. The molecule has 0 aliphatic rings. The number of aliphatic hydroxyl groups is 2. The van der Waals surface area contributed by atoms with Crippen molar-refractivity contribution in [2.24, 2.45) is 0 Å². The van der Waals surface area contributed by atoms with Crippen LogP contribution in [-0.2, 0) is 14.3 Å². The Morgan fingerprint density at radius 2 is 1.07 bits per heavy atom. The van der Waals surface area contributed by atoms with Crippen LogP contribution < -0.4 is 0 Å². The highest BCUT2D eigenvalue weighted by atomic mass is 19.4. The van der Waals surface area contributed by atoms with Crippen LogP contribution in [0.5, 0.6) is 0 Å². The highest BCUT2D eigenvalue weighted by molar-refractivity contribution is 5.78. The van der Waals surface area contributed by atoms with Crippen molar-refractivity contribution in [1.29, 1.82) is 0 Å². The third-order valence-electron chi connectivity index (χ3n) is 3.83. The predicted molar refractivity (Wildman–Crippen MR) is 87.2 cm³/mol. The molecule has 0 saturated carbocycles. The van der Waals surface area contributed by atoms with E-state index in [2.05, 4.69) is 0 Å². The van der Waals surface area contributed by atoms with Crippen molar-refractivity contribution < 1.29 is 50.8 Å². The number of ketones is 1. The standard InChI is InChI=1S/C17H28F6O5/c1-3-27-14(25,11-16(18,19)20)9-5-7-13(24)8-6-10-15(26,28-4-2)12-17(21,22)23/h25-26H,3-12H2,1-2H3. The highest BCUT2D eigenvalue weighted by Gasteiger charge is 2.42. The van der Waals surface area contributed by atoms with E-state index >= 15 is 0 Å². The van der Waals surface area contributed by atoms with Crippen LogP contribution in [0.15, 0.2) is 0 Å². The van der Waals surface area contributed by atoms with Crippen molar-refractivity contribution in [3.63, 3.8) is 0 Å². The van der Waals surface area contributed by atoms with Gasteiger partial charge in [0, 0.05) is 38.9 Å². The van der Waals surface area contributed by atoms with Gasteiger partial charge in [-0.1, -0.05) is 0 Å². The zero-order valence-corrected chi connectivity index (χ0v) is 16.0. The number of halogens is 6. The minimum absolute atomic E-state index is 0.0797. The van der Waals surface area contributed by atoms with Crippen LogP contribution in [0.1, 0.15) is 65.2 Å². The van der Waals surface area contributed by atoms with E-state index in [-0.39, 0.29) is 38.9 Å². The first kappa shape index (κ1) is 27.1. The lowest BCUT2D eigenvalue weighted by Gasteiger charge is -2.29. The van der Waals surface area contributed by atoms with Gasteiger partial charge in [0.05, 0.1) is 12.8 Å². The van der Waals surface area contributed by atoms with Crippen molar-refractivity contribution in [3.05, 3.63) is 0 Å². The Labute approximate surface area is 160 Å². The molecule has 0 bridgehead atoms. The average Bonchev–Trinajstić information content (AvgIpc) is 2.43. The Morgan fingerprint density at radius 1 is 0.750 bits per heavy atom. The molecule has 28 heavy (non-hydrogen) atoms. The Morgan fingerprint density at radius 3 is 1.32 bits per heavy atom. The molecule has 0 amide bonds. The van der Waals surface area contributed by atoms with Crippen LogP contribution in [-0.4, -0.2) is 53.1 Å². The van der Waals surface area contributed by atoms with E-state index < -0.39 is 55.4 Å². The molecular formula is C17H28F6O5. The number of carbonyl (C=O) groups excluding carboxylic acids is 1. The van der Waals surface area contributed by atoms with Gasteiger partial charge in [-0.15, -0.1) is 0 Å². The molecule has 0 radical (unpaired) electrons. The molecule has 0 aromatic rings. The van der Waals surface area contributed by atoms with Gasteiger partial charge >= 0.3 is 12.4 Å². The summed E-state index contributed by atoms with van der Waals surface area (Å²) in [7, 11) is 0. The van der Waals surface area contributed by atoms with E-state index in [1.807, 2.05) is 0 Å². The summed E-state index contributed by atoms with van der Waals surface area (Å²) < 4.78 is 84.5. The normalized spacial score (nSPS) is 17.2. The molecule has 2 N–H and O–H groups in total. The Hall–Kier alpha value is -0.910. The fraction of sp³-hybridized carbons (Fsp3) is 0.941. The number of carbonyl (C=O) groups is 1. The van der Waals surface area contributed by atoms with Crippen molar-refractivity contribution in [2.45, 2.75) is 89.1 Å². The number of hydrogen-bond acceptors (Lipinski definition) is 5. The second-order valence-corrected chi connectivity index (χ2v) is 6.59. The average molecular weight is 426 g/mol. The Bertz CT molecular complexity index is 428. The first-order valence-electron chi connectivity index (χ1n) is 9.01. The number of ether oxygens (including phenoxy) is 2. The minimum atomic E-state index is -4.64. The molecule has 0 rings (SSSR count). The topological polar surface area (TPSA) is 76.0 Å². The molecule has 0 heterocycles. The van der Waals surface area contributed by atoms with Gasteiger partial charge in [0.15, 0.2) is 11.6 Å². The molecule has 0 aliphatic heterocycles. The number of alkyl halides is 6. The van der Waals surface area contributed by atoms with Gasteiger partial charge < -0.3 is 19.7 Å². The van der Waals surface area contributed by atoms with Crippen LogP contribution in [0.4, 0.5) is 26.3 Å². The van der Waals surface area contributed by atoms with Crippen LogP contribution in [0.2, 0.25) is 0 Å². The third-order valence-corrected chi connectivity index (χ3v) is 3.83. The van der Waals surface area contributed by atoms with Gasteiger partial charge in [-0.25, -0.2) is 0 Å². The predicted octanol–water partition coefficient (Wildman–Crippen LogP) is 4.25. The van der Waals surface area contributed by atoms with Gasteiger partial charge in [-0.3, -0.25) is 4.79 Å². The van der Waals surface area contributed by atoms with Crippen LogP contribution in [0.25, 0.3) is 0 Å². The van der Waals surface area contributed by atoms with Crippen molar-refractivity contribution in [3.8, 4) is 0 Å². The zero-order valence-electron chi connectivity index (χ0n) is 16.0. The molecule has 2 unspecified atom stereocenters. The second-order valence-electron chi connectivity index (χ2n) is 6.59. The van der Waals surface area contributed by atoms with Gasteiger partial charge in [-0.05, 0) is 26.7 Å². The van der Waals surface area contributed by atoms with Gasteiger partial charge in [0.25, 0.3) is 0 Å². The van der Waals surface area contributed by atoms with Crippen molar-refractivity contribution in [2.75, 3.05) is 13.2 Å². The largest absolute Gasteiger partial charge is 0.394 e. The summed E-state index contributed by atoms with van der Waals surface area (Å²) in [5.74, 6) is -5.25. The van der Waals surface area contributed by atoms with Gasteiger partial charge in [-0.2, -0.15) is 26.3 Å². The molecule has 5 nitrogen and oxygen atoms in total. The maximum atomic E-state index is 12.5. The minimum Gasteiger partial charge on any atom is -0.365 e. The first-order valence-corrected chi connectivity index (χ1v) is 9.01. The van der Waals surface area contributed by atoms with E-state index in [0.29, 0.717) is 0 Å². The number of hydrogen-bond donors (Lipinski definition) is 2. The SMILES string of the molecule is CCOC(O)(CCCC(=O)CCCC(O)(CC(F)(F)F)OCC)CC(F)(F)F. The fourth-order valence-electron chi connectivity index (χ4n) is 2.84. The molecular weight excluding hydrogens is 398 g/mol. The van der Waals surface area contributed by atoms with Crippen LogP contribution in [0.3, 0.4) is 0 Å². The van der Waals surface area contributed by atoms with Crippen molar-refractivity contribution >= 4 is 5.78 Å². The van der Waals surface area contributed by atoms with Crippen LogP contribution >= 0.6 is 0 Å². The van der Waals surface area contributed by atoms with E-state index in [4.69, 9.17) is 9.47 Å². The summed E-state index contributed by atoms with van der Waals surface area (Å²) in [6.45, 7) is 2.56. The Balaban J connectivity index is 4.43. The van der Waals surface area contributed by atoms with Crippen LogP contribution in [0, 0.1) is 0 Å². The van der Waals surface area contributed by atoms with E-state index in [1.165, 1.54) is 13.8 Å². The number of rotatable bonds is 14. The molecule has 0 fully saturated rings. The maximum absolute atomic E-state index is 12.5. The molecule has 0 aliphatic carbocycles. The van der Waals surface area contributed by atoms with Gasteiger partial charge in [0.1, 0.15) is 5.78 Å². The molecule has 0 spiro atoms. The summed E-state index contributed by atoms with van der Waals surface area (Å²) >= 11 is 0. The lowest BCUT2D eigenvalue weighted by atomic mass is 9.99. The first-order chi connectivity index (χ1) is 12.6. The highest BCUT2D eigenvalue weighted by Crippen LogP contribution is 2.33. The Kier molecular flexibility index (Phi) is 11.0. The molecule has 168 valence electrons. The summed E-state index contributed by atoms with van der Waals surface area (Å²) in [6.07, 6.45) is -13.7. The lowest BCUT2D eigenvalue weighted by molar-refractivity contribution is -0.269. The lowest BCUT2D eigenvalue weighted by Crippen LogP contribution is -2.38. The summed E-state index contributed by atoms with van der Waals surface area (Å²) in [5.41, 5.74) is 0. The van der Waals surface area contributed by atoms with E-state index in [9.17, 15) is 41.4 Å². The molecule has 11 heteroatoms. The van der Waals surface area contributed by atoms with Gasteiger partial charge in [0.2, 0.25) is 0 Å². The second kappa shape index (κ2) is 11.3. The quantitative estimate of drug-likeness (QED) is 0.321. The summed E-state index contributed by atoms with van der Waals surface area (Å²) in [5, 5.41) is 19.8. The fourth-order valence-corrected chi connectivity index (χ4v) is 2.84. The van der Waals surface area contributed by atoms with Crippen molar-refractivity contribution in [1.82, 2.24) is 0 Å². The molecule has 0 aromatic carbocycles. The maximum Gasteiger partial charge on any atom is 0.394 e. The summed E-state index contributed by atoms with van der Waals surface area (Å²) in [6, 6.07) is 0. The number of Topliss-reactive ketones (excluding diaryl/α,β-unsaturated/α-hetero) is 1. The molecule has 2 atom stereocenters. The zero-order chi connectivity index (χ0) is 22.1. The van der Waals surface area contributed by atoms with E-state index in [1.54, 1.807) is 0 Å². The summed E-state index contributed by atoms with van der Waals surface area (Å²) in [4.78, 5) is 11.8. The molecule has 0 saturated heterocycles. The third kappa shape index (κ3) is 13.3. The van der Waals surface area contributed by atoms with E-state index in [0.717, 1.165) is 0 Å². The monoisotopic (exact) mass is 426 g/mol.